The molecule has 0 aromatic carbocycles. The van der Waals surface area contributed by atoms with Gasteiger partial charge in [0, 0.05) is 18.0 Å². The topological polar surface area (TPSA) is 78.5 Å². The summed E-state index contributed by atoms with van der Waals surface area (Å²) in [7, 11) is 0. The maximum atomic E-state index is 12.8. The molecule has 0 saturated heterocycles. The standard InChI is InChI=1S/C23H37N3O3S/c1-15(2)9-10-26(11-17(27)14-29-13-16(3)4)12-20-24-22(28)21-18-7-5-6-8-19(18)30-23(21)25-20/h15-17,27H,5-14H2,1-4H3,(H,24,25,28)/t17-/m0/s1. The van der Waals surface area contributed by atoms with Gasteiger partial charge in [0.25, 0.3) is 5.56 Å². The first kappa shape index (κ1) is 23.4. The Hall–Kier alpha value is -1.28. The van der Waals surface area contributed by atoms with E-state index in [-0.39, 0.29) is 5.56 Å². The van der Waals surface area contributed by atoms with Gasteiger partial charge in [-0.25, -0.2) is 4.98 Å². The number of nitrogens with zero attached hydrogens (tertiary/aromatic N) is 2. The lowest BCUT2D eigenvalue weighted by molar-refractivity contribution is 0.00592. The predicted molar refractivity (Wildman–Crippen MR) is 123 cm³/mol. The number of H-pyrrole nitrogens is 1. The average Bonchev–Trinajstić information content (AvgIpc) is 3.04. The Kier molecular flexibility index (Phi) is 8.45. The maximum absolute atomic E-state index is 12.8. The lowest BCUT2D eigenvalue weighted by atomic mass is 9.97. The highest BCUT2D eigenvalue weighted by Gasteiger charge is 2.21. The van der Waals surface area contributed by atoms with Crippen molar-refractivity contribution in [3.63, 3.8) is 0 Å². The van der Waals surface area contributed by atoms with Crippen LogP contribution in [0.25, 0.3) is 10.2 Å². The smallest absolute Gasteiger partial charge is 0.259 e. The Labute approximate surface area is 183 Å². The molecule has 7 heteroatoms. The summed E-state index contributed by atoms with van der Waals surface area (Å²) in [6.07, 6.45) is 4.88. The summed E-state index contributed by atoms with van der Waals surface area (Å²) < 4.78 is 5.61. The molecule has 2 aromatic heterocycles. The second kappa shape index (κ2) is 10.8. The summed E-state index contributed by atoms with van der Waals surface area (Å²) in [5, 5.41) is 11.3. The van der Waals surface area contributed by atoms with Crippen molar-refractivity contribution in [2.24, 2.45) is 11.8 Å². The van der Waals surface area contributed by atoms with Crippen LogP contribution in [0.15, 0.2) is 4.79 Å². The molecular weight excluding hydrogens is 398 g/mol. The van der Waals surface area contributed by atoms with E-state index in [9.17, 15) is 9.90 Å². The number of aliphatic hydroxyl groups excluding tert-OH is 1. The van der Waals surface area contributed by atoms with Crippen LogP contribution in [-0.4, -0.2) is 52.4 Å². The number of hydrogen-bond acceptors (Lipinski definition) is 6. The van der Waals surface area contributed by atoms with Crippen LogP contribution < -0.4 is 5.56 Å². The molecule has 0 unspecified atom stereocenters. The number of aromatic amines is 1. The van der Waals surface area contributed by atoms with Crippen molar-refractivity contribution >= 4 is 21.6 Å². The molecule has 2 N–H and O–H groups in total. The number of thiophene rings is 1. The van der Waals surface area contributed by atoms with E-state index in [0.29, 0.717) is 44.0 Å². The summed E-state index contributed by atoms with van der Waals surface area (Å²) in [6, 6.07) is 0. The van der Waals surface area contributed by atoms with Gasteiger partial charge in [-0.05, 0) is 56.0 Å². The molecule has 2 aromatic rings. The molecule has 0 bridgehead atoms. The zero-order chi connectivity index (χ0) is 21.7. The largest absolute Gasteiger partial charge is 0.389 e. The van der Waals surface area contributed by atoms with Gasteiger partial charge in [0.15, 0.2) is 0 Å². The van der Waals surface area contributed by atoms with E-state index >= 15 is 0 Å². The first-order chi connectivity index (χ1) is 14.3. The summed E-state index contributed by atoms with van der Waals surface area (Å²) in [4.78, 5) is 25.0. The molecule has 0 spiro atoms. The van der Waals surface area contributed by atoms with Crippen molar-refractivity contribution < 1.29 is 9.84 Å². The van der Waals surface area contributed by atoms with Crippen LogP contribution in [0.5, 0.6) is 0 Å². The highest BCUT2D eigenvalue weighted by molar-refractivity contribution is 7.18. The third-order valence-corrected chi connectivity index (χ3v) is 6.69. The third kappa shape index (κ3) is 6.36. The normalized spacial score (nSPS) is 15.5. The molecule has 1 atom stereocenters. The fourth-order valence-electron chi connectivity index (χ4n) is 3.96. The number of aryl methyl sites for hydroxylation is 2. The molecule has 0 fully saturated rings. The Morgan fingerprint density at radius 2 is 1.93 bits per heavy atom. The second-order valence-corrected chi connectivity index (χ2v) is 10.5. The fraction of sp³-hybridized carbons (Fsp3) is 0.739. The van der Waals surface area contributed by atoms with E-state index in [1.54, 1.807) is 11.3 Å². The number of hydrogen-bond donors (Lipinski definition) is 2. The van der Waals surface area contributed by atoms with Crippen LogP contribution in [0.2, 0.25) is 0 Å². The maximum Gasteiger partial charge on any atom is 0.259 e. The van der Waals surface area contributed by atoms with Gasteiger partial charge in [-0.2, -0.15) is 0 Å². The molecule has 0 radical (unpaired) electrons. The van der Waals surface area contributed by atoms with E-state index in [4.69, 9.17) is 9.72 Å². The van der Waals surface area contributed by atoms with E-state index in [0.717, 1.165) is 42.4 Å². The Balaban J connectivity index is 1.72. The van der Waals surface area contributed by atoms with Gasteiger partial charge < -0.3 is 14.8 Å². The molecule has 2 heterocycles. The quantitative estimate of drug-likeness (QED) is 0.562. The zero-order valence-corrected chi connectivity index (χ0v) is 19.7. The minimum absolute atomic E-state index is 0.0148. The van der Waals surface area contributed by atoms with Crippen LogP contribution in [0.1, 0.15) is 63.2 Å². The lowest BCUT2D eigenvalue weighted by Gasteiger charge is -2.25. The summed E-state index contributed by atoms with van der Waals surface area (Å²) in [5.74, 6) is 1.71. The van der Waals surface area contributed by atoms with Gasteiger partial charge in [0.2, 0.25) is 0 Å². The van der Waals surface area contributed by atoms with Crippen LogP contribution in [-0.2, 0) is 24.1 Å². The summed E-state index contributed by atoms with van der Waals surface area (Å²) in [6.45, 7) is 11.5. The molecule has 0 aliphatic heterocycles. The Morgan fingerprint density at radius 3 is 2.67 bits per heavy atom. The molecule has 0 saturated carbocycles. The molecule has 0 amide bonds. The van der Waals surface area contributed by atoms with Crippen molar-refractivity contribution in [3.8, 4) is 0 Å². The second-order valence-electron chi connectivity index (χ2n) is 9.41. The van der Waals surface area contributed by atoms with Crippen molar-refractivity contribution in [1.29, 1.82) is 0 Å². The summed E-state index contributed by atoms with van der Waals surface area (Å²) >= 11 is 1.68. The number of fused-ring (bicyclic) bond motifs is 3. The first-order valence-electron chi connectivity index (χ1n) is 11.3. The molecule has 1 aliphatic carbocycles. The summed E-state index contributed by atoms with van der Waals surface area (Å²) in [5.41, 5.74) is 1.20. The van der Waals surface area contributed by atoms with Crippen molar-refractivity contribution in [2.45, 2.75) is 72.4 Å². The number of rotatable bonds is 11. The van der Waals surface area contributed by atoms with Gasteiger partial charge in [-0.3, -0.25) is 9.69 Å². The Morgan fingerprint density at radius 1 is 1.17 bits per heavy atom. The highest BCUT2D eigenvalue weighted by atomic mass is 32.1. The Bertz CT molecular complexity index is 874. The minimum atomic E-state index is -0.555. The minimum Gasteiger partial charge on any atom is -0.389 e. The van der Waals surface area contributed by atoms with E-state index in [1.165, 1.54) is 16.9 Å². The average molecular weight is 436 g/mol. The van der Waals surface area contributed by atoms with E-state index < -0.39 is 6.10 Å². The van der Waals surface area contributed by atoms with Crippen molar-refractivity contribution in [1.82, 2.24) is 14.9 Å². The number of aliphatic hydroxyl groups is 1. The zero-order valence-electron chi connectivity index (χ0n) is 18.9. The van der Waals surface area contributed by atoms with E-state index in [1.807, 2.05) is 0 Å². The van der Waals surface area contributed by atoms with Gasteiger partial charge in [-0.15, -0.1) is 11.3 Å². The SMILES string of the molecule is CC(C)CCN(Cc1nc2sc3c(c2c(=O)[nH]1)CCCC3)C[C@H](O)COCC(C)C. The highest BCUT2D eigenvalue weighted by Crippen LogP contribution is 2.33. The van der Waals surface area contributed by atoms with Gasteiger partial charge in [-0.1, -0.05) is 27.7 Å². The van der Waals surface area contributed by atoms with Gasteiger partial charge in [0.1, 0.15) is 10.7 Å². The molecule has 168 valence electrons. The number of aromatic nitrogens is 2. The third-order valence-electron chi connectivity index (χ3n) is 5.50. The molecule has 3 rings (SSSR count). The van der Waals surface area contributed by atoms with E-state index in [2.05, 4.69) is 37.6 Å². The van der Waals surface area contributed by atoms with Crippen LogP contribution in [0.3, 0.4) is 0 Å². The predicted octanol–water partition coefficient (Wildman–Crippen LogP) is 3.75. The van der Waals surface area contributed by atoms with Gasteiger partial charge in [0.05, 0.1) is 24.6 Å². The molecule has 30 heavy (non-hydrogen) atoms. The monoisotopic (exact) mass is 435 g/mol. The van der Waals surface area contributed by atoms with Gasteiger partial charge >= 0.3 is 0 Å². The molecular formula is C23H37N3O3S. The van der Waals surface area contributed by atoms with Crippen molar-refractivity contribution in [2.75, 3.05) is 26.3 Å². The number of nitrogens with one attached hydrogen (secondary N) is 1. The molecule has 6 nitrogen and oxygen atoms in total. The first-order valence-corrected chi connectivity index (χ1v) is 12.2. The van der Waals surface area contributed by atoms with Crippen molar-refractivity contribution in [3.05, 3.63) is 26.6 Å². The lowest BCUT2D eigenvalue weighted by Crippen LogP contribution is -2.36. The number of ether oxygens (including phenoxy) is 1. The van der Waals surface area contributed by atoms with Crippen LogP contribution >= 0.6 is 11.3 Å². The molecule has 1 aliphatic rings. The van der Waals surface area contributed by atoms with Crippen LogP contribution in [0.4, 0.5) is 0 Å². The van der Waals surface area contributed by atoms with Crippen LogP contribution in [0, 0.1) is 11.8 Å². The fourth-order valence-corrected chi connectivity index (χ4v) is 5.24.